The number of aromatic nitrogens is 2. The van der Waals surface area contributed by atoms with E-state index in [0.29, 0.717) is 5.92 Å². The van der Waals surface area contributed by atoms with E-state index in [1.807, 2.05) is 0 Å². The normalized spacial score (nSPS) is 14.4. The molecular weight excluding hydrogens is 793 g/mol. The maximum atomic E-state index is 2.51. The first-order chi connectivity index (χ1) is 31.6. The van der Waals surface area contributed by atoms with Gasteiger partial charge in [0.25, 0.3) is 0 Å². The molecule has 0 bridgehead atoms. The van der Waals surface area contributed by atoms with Crippen LogP contribution in [-0.4, -0.2) is 9.13 Å². The highest BCUT2D eigenvalue weighted by atomic mass is 32.3. The molecular formula is C61H46N2S. The van der Waals surface area contributed by atoms with E-state index in [1.165, 1.54) is 96.8 Å². The van der Waals surface area contributed by atoms with Crippen LogP contribution in [0.3, 0.4) is 0 Å². The van der Waals surface area contributed by atoms with Crippen molar-refractivity contribution in [3.05, 3.63) is 248 Å². The Morgan fingerprint density at radius 1 is 0.375 bits per heavy atom. The molecule has 0 spiro atoms. The van der Waals surface area contributed by atoms with Crippen LogP contribution in [0.4, 0.5) is 0 Å². The van der Waals surface area contributed by atoms with Crippen LogP contribution in [0.5, 0.6) is 0 Å². The first-order valence-corrected chi connectivity index (χ1v) is 23.9. The summed E-state index contributed by atoms with van der Waals surface area (Å²) in [6.45, 7) is 2.31. The minimum absolute atomic E-state index is 0.523. The fourth-order valence-electron chi connectivity index (χ4n) is 10.1. The van der Waals surface area contributed by atoms with Gasteiger partial charge in [0.15, 0.2) is 0 Å². The van der Waals surface area contributed by atoms with Gasteiger partial charge in [0.1, 0.15) is 0 Å². The Balaban J connectivity index is 0.951. The Hall–Kier alpha value is -7.59. The van der Waals surface area contributed by atoms with Crippen molar-refractivity contribution in [1.82, 2.24) is 9.13 Å². The van der Waals surface area contributed by atoms with Gasteiger partial charge in [0, 0.05) is 47.6 Å². The summed E-state index contributed by atoms with van der Waals surface area (Å²) in [4.78, 5) is 5.42. The maximum absolute atomic E-state index is 2.51. The molecule has 0 saturated heterocycles. The summed E-state index contributed by atoms with van der Waals surface area (Å²) in [5.41, 5.74) is 12.0. The molecule has 64 heavy (non-hydrogen) atoms. The summed E-state index contributed by atoms with van der Waals surface area (Å²) in [5, 5.41) is 5.03. The molecule has 306 valence electrons. The standard InChI is InChI=1S/C61H46N2S/c1-43-28-36-52(37-29-43)64(50-19-7-3-8-20-50,51-21-9-4-10-22-51)53-23-15-18-49(42-53)63-59-27-14-12-25-55(59)57-41-47(35-39-61(57)63)45-32-30-44(31-33-45)46-34-38-60-56(40-46)54-24-11-13-26-58(54)62(60)48-16-5-2-6-17-48/h2-28,30-43H,29H2,1H3. The number of benzene rings is 9. The number of hydrogen-bond donors (Lipinski definition) is 0. The van der Waals surface area contributed by atoms with Gasteiger partial charge >= 0.3 is 0 Å². The molecule has 2 aromatic heterocycles. The Kier molecular flexibility index (Phi) is 9.31. The Morgan fingerprint density at radius 3 is 1.34 bits per heavy atom. The predicted octanol–water partition coefficient (Wildman–Crippen LogP) is 17.0. The van der Waals surface area contributed by atoms with Gasteiger partial charge in [-0.25, -0.2) is 0 Å². The van der Waals surface area contributed by atoms with E-state index in [2.05, 4.69) is 259 Å². The van der Waals surface area contributed by atoms with Crippen molar-refractivity contribution in [3.8, 4) is 33.6 Å². The molecule has 2 nitrogen and oxygen atoms in total. The zero-order valence-electron chi connectivity index (χ0n) is 35.7. The molecule has 1 aliphatic carbocycles. The molecule has 11 aromatic rings. The zero-order chi connectivity index (χ0) is 42.6. The van der Waals surface area contributed by atoms with E-state index in [-0.39, 0.29) is 0 Å². The maximum Gasteiger partial charge on any atom is 0.0541 e. The lowest BCUT2D eigenvalue weighted by molar-refractivity contribution is 0.735. The molecule has 1 aliphatic rings. The van der Waals surface area contributed by atoms with E-state index in [4.69, 9.17) is 0 Å². The molecule has 2 heterocycles. The van der Waals surface area contributed by atoms with Crippen molar-refractivity contribution < 1.29 is 0 Å². The van der Waals surface area contributed by atoms with Gasteiger partial charge in [-0.05, 0) is 130 Å². The number of fused-ring (bicyclic) bond motifs is 6. The molecule has 0 radical (unpaired) electrons. The highest BCUT2D eigenvalue weighted by Gasteiger charge is 2.35. The third-order valence-corrected chi connectivity index (χ3v) is 17.1. The van der Waals surface area contributed by atoms with E-state index in [9.17, 15) is 0 Å². The van der Waals surface area contributed by atoms with Gasteiger partial charge in [-0.3, -0.25) is 0 Å². The van der Waals surface area contributed by atoms with Gasteiger partial charge in [-0.1, -0.05) is 159 Å². The van der Waals surface area contributed by atoms with E-state index in [0.717, 1.165) is 6.42 Å². The van der Waals surface area contributed by atoms with Crippen LogP contribution in [0.1, 0.15) is 13.3 Å². The highest BCUT2D eigenvalue weighted by molar-refractivity contribution is 8.37. The monoisotopic (exact) mass is 838 g/mol. The van der Waals surface area contributed by atoms with Crippen molar-refractivity contribution in [2.75, 3.05) is 0 Å². The second-order valence-corrected chi connectivity index (χ2v) is 20.1. The van der Waals surface area contributed by atoms with E-state index < -0.39 is 10.0 Å². The largest absolute Gasteiger partial charge is 0.309 e. The summed E-state index contributed by atoms with van der Waals surface area (Å²) in [6.07, 6.45) is 8.35. The van der Waals surface area contributed by atoms with E-state index >= 15 is 0 Å². The third kappa shape index (κ3) is 6.19. The molecule has 9 aromatic carbocycles. The molecule has 1 unspecified atom stereocenters. The summed E-state index contributed by atoms with van der Waals surface area (Å²) in [5.74, 6) is 0.523. The Labute approximate surface area is 376 Å². The second kappa shape index (κ2) is 15.6. The number of hydrogen-bond acceptors (Lipinski definition) is 0. The third-order valence-electron chi connectivity index (χ3n) is 13.2. The van der Waals surface area contributed by atoms with Crippen LogP contribution >= 0.6 is 10.0 Å². The molecule has 0 N–H and O–H groups in total. The smallest absolute Gasteiger partial charge is 0.0541 e. The van der Waals surface area contributed by atoms with Crippen LogP contribution in [0.2, 0.25) is 0 Å². The molecule has 0 amide bonds. The van der Waals surface area contributed by atoms with Gasteiger partial charge in [-0.2, -0.15) is 0 Å². The molecule has 3 heteroatoms. The van der Waals surface area contributed by atoms with Crippen molar-refractivity contribution >= 4 is 53.6 Å². The number of rotatable bonds is 8. The van der Waals surface area contributed by atoms with Gasteiger partial charge in [-0.15, -0.1) is 10.0 Å². The van der Waals surface area contributed by atoms with Gasteiger partial charge in [0.05, 0.1) is 22.1 Å². The molecule has 0 saturated carbocycles. The fraction of sp³-hybridized carbons (Fsp3) is 0.0492. The Bertz CT molecular complexity index is 3540. The average Bonchev–Trinajstić information content (AvgIpc) is 3.88. The first kappa shape index (κ1) is 38.1. The van der Waals surface area contributed by atoms with E-state index in [1.54, 1.807) is 0 Å². The zero-order valence-corrected chi connectivity index (χ0v) is 36.5. The molecule has 0 aliphatic heterocycles. The summed E-state index contributed by atoms with van der Waals surface area (Å²) >= 11 is 0. The SMILES string of the molecule is CC1C=CC(S(c2ccccc2)(c2ccccc2)c2cccc(-n3c4ccccc4c4cc(-c5ccc(-c6ccc7c(c6)c6ccccc6n7-c6ccccc6)cc5)ccc43)c2)=CC1. The molecule has 1 atom stereocenters. The number of para-hydroxylation sites is 3. The minimum Gasteiger partial charge on any atom is -0.309 e. The Morgan fingerprint density at radius 2 is 0.812 bits per heavy atom. The van der Waals surface area contributed by atoms with Crippen LogP contribution in [0.25, 0.3) is 77.2 Å². The van der Waals surface area contributed by atoms with Gasteiger partial charge in [0.2, 0.25) is 0 Å². The van der Waals surface area contributed by atoms with Crippen molar-refractivity contribution in [2.45, 2.75) is 28.0 Å². The quantitative estimate of drug-likeness (QED) is 0.144. The van der Waals surface area contributed by atoms with Crippen molar-refractivity contribution in [3.63, 3.8) is 0 Å². The van der Waals surface area contributed by atoms with Gasteiger partial charge < -0.3 is 9.13 Å². The fourth-order valence-corrected chi connectivity index (χ4v) is 14.1. The van der Waals surface area contributed by atoms with Crippen LogP contribution in [0.15, 0.2) is 262 Å². The second-order valence-electron chi connectivity index (χ2n) is 17.0. The summed E-state index contributed by atoms with van der Waals surface area (Å²) < 4.78 is 4.84. The lowest BCUT2D eigenvalue weighted by Crippen LogP contribution is -2.09. The lowest BCUT2D eigenvalue weighted by atomic mass is 9.98. The van der Waals surface area contributed by atoms with Crippen LogP contribution in [-0.2, 0) is 0 Å². The van der Waals surface area contributed by atoms with Crippen molar-refractivity contribution in [1.29, 1.82) is 0 Å². The molecule has 0 fully saturated rings. The first-order valence-electron chi connectivity index (χ1n) is 22.3. The lowest BCUT2D eigenvalue weighted by Gasteiger charge is -2.44. The van der Waals surface area contributed by atoms with Crippen LogP contribution in [0, 0.1) is 5.92 Å². The minimum atomic E-state index is -1.82. The highest BCUT2D eigenvalue weighted by Crippen LogP contribution is 2.74. The summed E-state index contributed by atoms with van der Waals surface area (Å²) in [7, 11) is -1.82. The number of allylic oxidation sites excluding steroid dienone is 3. The van der Waals surface area contributed by atoms with Crippen molar-refractivity contribution in [2.24, 2.45) is 5.92 Å². The predicted molar refractivity (Wildman–Crippen MR) is 272 cm³/mol. The average molecular weight is 839 g/mol. The van der Waals surface area contributed by atoms with Crippen LogP contribution < -0.4 is 0 Å². The topological polar surface area (TPSA) is 9.86 Å². The molecule has 12 rings (SSSR count). The number of nitrogens with zero attached hydrogens (tertiary/aromatic N) is 2. The summed E-state index contributed by atoms with van der Waals surface area (Å²) in [6, 6.07) is 83.1.